The molecular formula is C25H35N2O4+. The lowest BCUT2D eigenvalue weighted by molar-refractivity contribution is -0.899. The second-order valence-electron chi connectivity index (χ2n) is 8.51. The number of likely N-dealkylation sites (N-methyl/N-ethyl adjacent to an activating group) is 1. The van der Waals surface area contributed by atoms with Gasteiger partial charge >= 0.3 is 5.97 Å². The summed E-state index contributed by atoms with van der Waals surface area (Å²) in [5.74, 6) is 0.342. The maximum Gasteiger partial charge on any atom is 0.362 e. The van der Waals surface area contributed by atoms with E-state index in [1.807, 2.05) is 77.3 Å². The van der Waals surface area contributed by atoms with Gasteiger partial charge < -0.3 is 19.3 Å². The summed E-state index contributed by atoms with van der Waals surface area (Å²) in [5.41, 5.74) is 3.61. The molecule has 168 valence electrons. The van der Waals surface area contributed by atoms with Crippen molar-refractivity contribution in [1.82, 2.24) is 0 Å². The van der Waals surface area contributed by atoms with Gasteiger partial charge in [0.2, 0.25) is 0 Å². The summed E-state index contributed by atoms with van der Waals surface area (Å²) in [5, 5.41) is 3.09. The molecule has 2 aromatic carbocycles. The number of amides is 1. The van der Waals surface area contributed by atoms with E-state index in [9.17, 15) is 9.59 Å². The zero-order valence-corrected chi connectivity index (χ0v) is 19.5. The molecule has 6 heteroatoms. The van der Waals surface area contributed by atoms with Crippen molar-refractivity contribution in [2.45, 2.75) is 46.3 Å². The molecule has 1 unspecified atom stereocenters. The molecule has 0 aliphatic carbocycles. The number of nitrogens with one attached hydrogen (secondary N) is 1. The van der Waals surface area contributed by atoms with Crippen molar-refractivity contribution in [1.29, 1.82) is 0 Å². The van der Waals surface area contributed by atoms with E-state index in [1.54, 1.807) is 7.11 Å². The minimum atomic E-state index is -0.379. The highest BCUT2D eigenvalue weighted by molar-refractivity contribution is 5.95. The number of ether oxygens (including phenoxy) is 2. The highest BCUT2D eigenvalue weighted by Crippen LogP contribution is 2.27. The molecule has 0 bridgehead atoms. The molecule has 0 spiro atoms. The average molecular weight is 428 g/mol. The van der Waals surface area contributed by atoms with E-state index in [0.717, 1.165) is 34.5 Å². The SMILES string of the molecule is CCCC(C(=O)Nc1c(C)cc(OC)cc1C)[N+](C)(C)CC(=O)OCc1ccccc1. The zero-order chi connectivity index (χ0) is 23.0. The first-order valence-corrected chi connectivity index (χ1v) is 10.7. The van der Waals surface area contributed by atoms with Crippen LogP contribution in [-0.4, -0.2) is 50.2 Å². The molecule has 2 aromatic rings. The van der Waals surface area contributed by atoms with Crippen LogP contribution in [0.15, 0.2) is 42.5 Å². The van der Waals surface area contributed by atoms with Crippen LogP contribution in [0.5, 0.6) is 5.75 Å². The normalized spacial score (nSPS) is 12.2. The fourth-order valence-corrected chi connectivity index (χ4v) is 3.74. The van der Waals surface area contributed by atoms with Crippen molar-refractivity contribution in [2.75, 3.05) is 33.1 Å². The summed E-state index contributed by atoms with van der Waals surface area (Å²) in [6, 6.07) is 13.0. The summed E-state index contributed by atoms with van der Waals surface area (Å²) in [4.78, 5) is 25.8. The minimum Gasteiger partial charge on any atom is -0.497 e. The van der Waals surface area contributed by atoms with E-state index in [2.05, 4.69) is 5.32 Å². The van der Waals surface area contributed by atoms with E-state index in [0.29, 0.717) is 6.42 Å². The summed E-state index contributed by atoms with van der Waals surface area (Å²) in [7, 11) is 5.43. The van der Waals surface area contributed by atoms with Gasteiger partial charge in [-0.2, -0.15) is 0 Å². The number of hydrogen-bond donors (Lipinski definition) is 1. The number of methoxy groups -OCH3 is 1. The third-order valence-electron chi connectivity index (χ3n) is 5.48. The number of anilines is 1. The van der Waals surface area contributed by atoms with E-state index in [4.69, 9.17) is 9.47 Å². The lowest BCUT2D eigenvalue weighted by Crippen LogP contribution is -2.57. The molecule has 0 heterocycles. The summed E-state index contributed by atoms with van der Waals surface area (Å²) < 4.78 is 11.0. The quantitative estimate of drug-likeness (QED) is 0.455. The van der Waals surface area contributed by atoms with Crippen molar-refractivity contribution in [2.24, 2.45) is 0 Å². The average Bonchev–Trinajstić information content (AvgIpc) is 2.73. The molecule has 0 aromatic heterocycles. The van der Waals surface area contributed by atoms with Crippen LogP contribution in [0, 0.1) is 13.8 Å². The molecule has 0 aliphatic heterocycles. The monoisotopic (exact) mass is 427 g/mol. The first-order chi connectivity index (χ1) is 14.7. The molecule has 2 rings (SSSR count). The number of quaternary nitrogens is 1. The Labute approximate surface area is 185 Å². The third-order valence-corrected chi connectivity index (χ3v) is 5.48. The standard InChI is InChI=1S/C25H34N2O4/c1-7-11-22(25(29)26-24-18(2)14-21(30-6)15-19(24)3)27(4,5)16-23(28)31-17-20-12-9-8-10-13-20/h8-10,12-15,22H,7,11,16-17H2,1-6H3/p+1. The largest absolute Gasteiger partial charge is 0.497 e. The molecule has 0 radical (unpaired) electrons. The van der Waals surface area contributed by atoms with Crippen LogP contribution in [0.1, 0.15) is 36.5 Å². The van der Waals surface area contributed by atoms with Gasteiger partial charge in [0.05, 0.1) is 21.2 Å². The number of rotatable bonds is 10. The van der Waals surface area contributed by atoms with Crippen LogP contribution < -0.4 is 10.1 Å². The van der Waals surface area contributed by atoms with E-state index in [-0.39, 0.29) is 35.6 Å². The van der Waals surface area contributed by atoms with Crippen molar-refractivity contribution < 1.29 is 23.5 Å². The molecule has 0 saturated carbocycles. The summed E-state index contributed by atoms with van der Waals surface area (Å²) in [6.45, 7) is 6.28. The molecular weight excluding hydrogens is 392 g/mol. The van der Waals surface area contributed by atoms with Crippen molar-refractivity contribution >= 4 is 17.6 Å². The minimum absolute atomic E-state index is 0.0981. The number of nitrogens with zero attached hydrogens (tertiary/aromatic N) is 1. The van der Waals surface area contributed by atoms with Crippen LogP contribution in [0.4, 0.5) is 5.69 Å². The summed E-state index contributed by atoms with van der Waals surface area (Å²) >= 11 is 0. The molecule has 6 nitrogen and oxygen atoms in total. The molecule has 1 atom stereocenters. The Morgan fingerprint density at radius 3 is 2.23 bits per heavy atom. The first-order valence-electron chi connectivity index (χ1n) is 10.7. The number of benzene rings is 2. The van der Waals surface area contributed by atoms with E-state index in [1.165, 1.54) is 0 Å². The maximum atomic E-state index is 13.3. The Morgan fingerprint density at radius 2 is 1.68 bits per heavy atom. The fourth-order valence-electron chi connectivity index (χ4n) is 3.74. The van der Waals surface area contributed by atoms with Crippen molar-refractivity contribution in [3.05, 3.63) is 59.2 Å². The Balaban J connectivity index is 2.09. The molecule has 31 heavy (non-hydrogen) atoms. The predicted molar refractivity (Wildman–Crippen MR) is 123 cm³/mol. The second kappa shape index (κ2) is 11.0. The van der Waals surface area contributed by atoms with Gasteiger partial charge in [-0.05, 0) is 49.1 Å². The number of hydrogen-bond acceptors (Lipinski definition) is 4. The molecule has 1 N–H and O–H groups in total. The highest BCUT2D eigenvalue weighted by atomic mass is 16.5. The van der Waals surface area contributed by atoms with Gasteiger partial charge in [-0.25, -0.2) is 4.79 Å². The Hall–Kier alpha value is -2.86. The Kier molecular flexibility index (Phi) is 8.63. The maximum absolute atomic E-state index is 13.3. The summed E-state index contributed by atoms with van der Waals surface area (Å²) in [6.07, 6.45) is 1.50. The van der Waals surface area contributed by atoms with E-state index >= 15 is 0 Å². The molecule has 0 aliphatic rings. The van der Waals surface area contributed by atoms with Crippen LogP contribution in [0.25, 0.3) is 0 Å². The fraction of sp³-hybridized carbons (Fsp3) is 0.440. The molecule has 0 saturated heterocycles. The Bertz CT molecular complexity index is 871. The topological polar surface area (TPSA) is 64.6 Å². The number of aryl methyl sites for hydroxylation is 2. The molecule has 1 amide bonds. The van der Waals surface area contributed by atoms with Gasteiger partial charge in [0, 0.05) is 12.1 Å². The highest BCUT2D eigenvalue weighted by Gasteiger charge is 2.37. The third kappa shape index (κ3) is 6.82. The van der Waals surface area contributed by atoms with Crippen LogP contribution >= 0.6 is 0 Å². The predicted octanol–water partition coefficient (Wildman–Crippen LogP) is 4.24. The first kappa shape index (κ1) is 24.4. The smallest absolute Gasteiger partial charge is 0.362 e. The van der Waals surface area contributed by atoms with E-state index < -0.39 is 0 Å². The van der Waals surface area contributed by atoms with Crippen LogP contribution in [-0.2, 0) is 20.9 Å². The lowest BCUT2D eigenvalue weighted by atomic mass is 10.0. The van der Waals surface area contributed by atoms with Crippen LogP contribution in [0.2, 0.25) is 0 Å². The lowest BCUT2D eigenvalue weighted by Gasteiger charge is -2.36. The van der Waals surface area contributed by atoms with Gasteiger partial charge in [-0.15, -0.1) is 0 Å². The molecule has 0 fully saturated rings. The van der Waals surface area contributed by atoms with Gasteiger partial charge in [0.15, 0.2) is 12.6 Å². The van der Waals surface area contributed by atoms with Crippen molar-refractivity contribution in [3.8, 4) is 5.75 Å². The van der Waals surface area contributed by atoms with Crippen LogP contribution in [0.3, 0.4) is 0 Å². The van der Waals surface area contributed by atoms with Gasteiger partial charge in [0.25, 0.3) is 5.91 Å². The van der Waals surface area contributed by atoms with Gasteiger partial charge in [-0.1, -0.05) is 37.3 Å². The Morgan fingerprint density at radius 1 is 1.06 bits per heavy atom. The van der Waals surface area contributed by atoms with Gasteiger partial charge in [0.1, 0.15) is 12.4 Å². The zero-order valence-electron chi connectivity index (χ0n) is 19.5. The number of carbonyl (C=O) groups is 2. The van der Waals surface area contributed by atoms with Gasteiger partial charge in [-0.3, -0.25) is 4.79 Å². The second-order valence-corrected chi connectivity index (χ2v) is 8.51. The number of esters is 1. The van der Waals surface area contributed by atoms with Crippen molar-refractivity contribution in [3.63, 3.8) is 0 Å². The number of carbonyl (C=O) groups excluding carboxylic acids is 2.